The third kappa shape index (κ3) is 2.03. The first-order chi connectivity index (χ1) is 11.0. The summed E-state index contributed by atoms with van der Waals surface area (Å²) in [5.74, 6) is -1.37. The molecule has 3 aliphatic heterocycles. The van der Waals surface area contributed by atoms with Gasteiger partial charge in [-0.25, -0.2) is 0 Å². The molecule has 0 aliphatic carbocycles. The van der Waals surface area contributed by atoms with Crippen LogP contribution in [0.25, 0.3) is 0 Å². The van der Waals surface area contributed by atoms with E-state index in [-0.39, 0.29) is 18.0 Å². The topological polar surface area (TPSA) is 55.8 Å². The van der Waals surface area contributed by atoms with E-state index < -0.39 is 17.4 Å². The summed E-state index contributed by atoms with van der Waals surface area (Å²) >= 11 is 0. The van der Waals surface area contributed by atoms with Crippen LogP contribution in [0.15, 0.2) is 36.4 Å². The average Bonchev–Trinajstić information content (AvgIpc) is 3.18. The van der Waals surface area contributed by atoms with Crippen molar-refractivity contribution in [2.75, 3.05) is 13.7 Å². The molecular weight excluding hydrogens is 294 g/mol. The molecule has 3 aliphatic rings. The van der Waals surface area contributed by atoms with Crippen LogP contribution in [0.4, 0.5) is 0 Å². The van der Waals surface area contributed by atoms with E-state index in [0.29, 0.717) is 13.1 Å². The van der Waals surface area contributed by atoms with Crippen LogP contribution in [-0.2, 0) is 25.6 Å². The molecule has 4 rings (SSSR count). The highest BCUT2D eigenvalue weighted by molar-refractivity contribution is 5.91. The maximum absolute atomic E-state index is 12.9. The van der Waals surface area contributed by atoms with Gasteiger partial charge in [0, 0.05) is 6.54 Å². The zero-order valence-electron chi connectivity index (χ0n) is 13.2. The lowest BCUT2D eigenvalue weighted by molar-refractivity contribution is -0.151. The molecule has 5 heteroatoms. The normalized spacial score (nSPS) is 34.1. The van der Waals surface area contributed by atoms with Gasteiger partial charge in [-0.3, -0.25) is 9.59 Å². The highest BCUT2D eigenvalue weighted by atomic mass is 16.5. The molecule has 0 N–H and O–H groups in total. The van der Waals surface area contributed by atoms with Crippen LogP contribution >= 0.6 is 0 Å². The first kappa shape index (κ1) is 14.5. The molecule has 1 spiro atoms. The first-order valence-electron chi connectivity index (χ1n) is 7.83. The second-order valence-electron chi connectivity index (χ2n) is 6.60. The number of hydrogen-bond donors (Lipinski definition) is 0. The molecule has 5 nitrogen and oxygen atoms in total. The molecule has 0 unspecified atom stereocenters. The number of carbonyl (C=O) groups is 2. The van der Waals surface area contributed by atoms with Crippen molar-refractivity contribution in [2.45, 2.75) is 25.2 Å². The second-order valence-corrected chi connectivity index (χ2v) is 6.60. The summed E-state index contributed by atoms with van der Waals surface area (Å²) < 4.78 is 10.9. The number of benzene rings is 1. The number of nitrogens with zero attached hydrogens (tertiary/aromatic N) is 1. The van der Waals surface area contributed by atoms with Crippen molar-refractivity contribution in [3.8, 4) is 0 Å². The summed E-state index contributed by atoms with van der Waals surface area (Å²) in [5.41, 5.74) is 1.60. The van der Waals surface area contributed by atoms with Crippen molar-refractivity contribution in [1.82, 2.24) is 4.90 Å². The molecule has 0 radical (unpaired) electrons. The maximum Gasteiger partial charge on any atom is 0.312 e. The predicted octanol–water partition coefficient (Wildman–Crippen LogP) is 1.45. The molecule has 4 atom stereocenters. The summed E-state index contributed by atoms with van der Waals surface area (Å²) in [6.45, 7) is 3.06. The van der Waals surface area contributed by atoms with Gasteiger partial charge in [0.1, 0.15) is 11.5 Å². The van der Waals surface area contributed by atoms with E-state index in [1.807, 2.05) is 43.3 Å². The quantitative estimate of drug-likeness (QED) is 0.626. The Morgan fingerprint density at radius 3 is 2.83 bits per heavy atom. The number of hydrogen-bond acceptors (Lipinski definition) is 4. The minimum absolute atomic E-state index is 0.0205. The Morgan fingerprint density at radius 1 is 1.39 bits per heavy atom. The largest absolute Gasteiger partial charge is 0.469 e. The van der Waals surface area contributed by atoms with Gasteiger partial charge in [0.05, 0.1) is 25.7 Å². The van der Waals surface area contributed by atoms with E-state index in [0.717, 1.165) is 5.56 Å². The van der Waals surface area contributed by atoms with Gasteiger partial charge in [0.15, 0.2) is 0 Å². The number of amides is 1. The molecule has 1 aromatic carbocycles. The number of methoxy groups -OCH3 is 1. The zero-order valence-corrected chi connectivity index (χ0v) is 13.2. The van der Waals surface area contributed by atoms with Crippen LogP contribution < -0.4 is 0 Å². The van der Waals surface area contributed by atoms with Crippen LogP contribution in [0, 0.1) is 18.8 Å². The first-order valence-corrected chi connectivity index (χ1v) is 7.83. The zero-order chi connectivity index (χ0) is 16.2. The third-order valence-corrected chi connectivity index (χ3v) is 5.15. The van der Waals surface area contributed by atoms with Gasteiger partial charge < -0.3 is 14.4 Å². The van der Waals surface area contributed by atoms with Gasteiger partial charge in [0.25, 0.3) is 0 Å². The molecule has 2 bridgehead atoms. The molecule has 0 aromatic heterocycles. The predicted molar refractivity (Wildman–Crippen MR) is 82.3 cm³/mol. The number of fused-ring (bicyclic) bond motifs is 1. The van der Waals surface area contributed by atoms with Gasteiger partial charge in [-0.2, -0.15) is 0 Å². The number of likely N-dealkylation sites (tertiary alicyclic amines) is 1. The Hall–Kier alpha value is -2.14. The fourth-order valence-electron chi connectivity index (χ4n) is 4.03. The van der Waals surface area contributed by atoms with Gasteiger partial charge in [0.2, 0.25) is 5.91 Å². The lowest BCUT2D eigenvalue weighted by Gasteiger charge is -2.22. The van der Waals surface area contributed by atoms with Crippen LogP contribution in [0.1, 0.15) is 11.1 Å². The smallest absolute Gasteiger partial charge is 0.312 e. The van der Waals surface area contributed by atoms with E-state index in [2.05, 4.69) is 0 Å². The van der Waals surface area contributed by atoms with Gasteiger partial charge in [-0.1, -0.05) is 42.0 Å². The maximum atomic E-state index is 12.9. The van der Waals surface area contributed by atoms with Crippen LogP contribution in [0.2, 0.25) is 0 Å². The van der Waals surface area contributed by atoms with Crippen molar-refractivity contribution in [3.63, 3.8) is 0 Å². The van der Waals surface area contributed by atoms with Gasteiger partial charge >= 0.3 is 5.97 Å². The highest BCUT2D eigenvalue weighted by Crippen LogP contribution is 2.52. The number of rotatable bonds is 3. The molecule has 0 saturated carbocycles. The van der Waals surface area contributed by atoms with E-state index in [1.165, 1.54) is 12.7 Å². The van der Waals surface area contributed by atoms with Gasteiger partial charge in [-0.15, -0.1) is 0 Å². The fraction of sp³-hybridized carbons (Fsp3) is 0.444. The molecule has 1 amide bonds. The summed E-state index contributed by atoms with van der Waals surface area (Å²) in [5, 5.41) is 0. The molecule has 1 aromatic rings. The second kappa shape index (κ2) is 4.93. The van der Waals surface area contributed by atoms with E-state index in [4.69, 9.17) is 9.47 Å². The standard InChI is InChI=1S/C18H19NO4/c1-11-3-5-12(6-4-11)9-19-10-18-8-7-13(23-18)14(17(21)22-2)15(18)16(19)20/h3-8,13-15H,9-10H2,1-2H3/t13-,14+,15-,18-/m1/s1. The summed E-state index contributed by atoms with van der Waals surface area (Å²) in [4.78, 5) is 26.8. The van der Waals surface area contributed by atoms with Crippen molar-refractivity contribution in [1.29, 1.82) is 0 Å². The monoisotopic (exact) mass is 313 g/mol. The Labute approximate surface area is 134 Å². The molecule has 3 heterocycles. The lowest BCUT2D eigenvalue weighted by atomic mass is 9.77. The number of esters is 1. The Bertz CT molecular complexity index is 695. The number of ether oxygens (including phenoxy) is 2. The van der Waals surface area contributed by atoms with Crippen molar-refractivity contribution in [3.05, 3.63) is 47.5 Å². The number of carbonyl (C=O) groups excluding carboxylic acids is 2. The van der Waals surface area contributed by atoms with Crippen molar-refractivity contribution >= 4 is 11.9 Å². The Morgan fingerprint density at radius 2 is 2.13 bits per heavy atom. The van der Waals surface area contributed by atoms with Crippen molar-refractivity contribution in [2.24, 2.45) is 11.8 Å². The van der Waals surface area contributed by atoms with Crippen LogP contribution in [0.3, 0.4) is 0 Å². The van der Waals surface area contributed by atoms with E-state index >= 15 is 0 Å². The molecule has 120 valence electrons. The molecular formula is C18H19NO4. The number of aryl methyl sites for hydroxylation is 1. The van der Waals surface area contributed by atoms with Crippen LogP contribution in [0.5, 0.6) is 0 Å². The Kier molecular flexibility index (Phi) is 3.10. The highest BCUT2D eigenvalue weighted by Gasteiger charge is 2.67. The average molecular weight is 313 g/mol. The summed E-state index contributed by atoms with van der Waals surface area (Å²) in [6, 6.07) is 8.13. The Balaban J connectivity index is 1.60. The molecule has 23 heavy (non-hydrogen) atoms. The minimum atomic E-state index is -0.661. The van der Waals surface area contributed by atoms with Crippen LogP contribution in [-0.4, -0.2) is 42.1 Å². The fourth-order valence-corrected chi connectivity index (χ4v) is 4.03. The van der Waals surface area contributed by atoms with Crippen molar-refractivity contribution < 1.29 is 19.1 Å². The SMILES string of the molecule is COC(=O)[C@H]1[C@H]2C=C[C@]3(CN(Cc4ccc(C)cc4)C(=O)[C@@H]13)O2. The molecule has 2 saturated heterocycles. The minimum Gasteiger partial charge on any atom is -0.469 e. The molecule has 2 fully saturated rings. The van der Waals surface area contributed by atoms with E-state index in [9.17, 15) is 9.59 Å². The van der Waals surface area contributed by atoms with Gasteiger partial charge in [-0.05, 0) is 12.5 Å². The van der Waals surface area contributed by atoms with E-state index in [1.54, 1.807) is 4.90 Å². The third-order valence-electron chi connectivity index (χ3n) is 5.15. The lowest BCUT2D eigenvalue weighted by Crippen LogP contribution is -2.39. The summed E-state index contributed by atoms with van der Waals surface area (Å²) in [7, 11) is 1.36. The summed E-state index contributed by atoms with van der Waals surface area (Å²) in [6.07, 6.45) is 3.51.